The Kier molecular flexibility index (Phi) is 5.74. The molecule has 8 nitrogen and oxygen atoms in total. The molecule has 3 aromatic rings. The van der Waals surface area contributed by atoms with Gasteiger partial charge < -0.3 is 14.0 Å². The number of nitro benzene ring substituents is 1. The maximum absolute atomic E-state index is 12.8. The average Bonchev–Trinajstić information content (AvgIpc) is 3.03. The molecule has 0 radical (unpaired) electrons. The molecule has 0 N–H and O–H groups in total. The smallest absolute Gasteiger partial charge is 0.283 e. The molecule has 2 aromatic carbocycles. The molecular formula is C19H19N3O5S. The van der Waals surface area contributed by atoms with Gasteiger partial charge in [0.1, 0.15) is 11.5 Å². The molecule has 0 bridgehead atoms. The molecule has 0 atom stereocenters. The Balaban J connectivity index is 2.13. The quantitative estimate of drug-likeness (QED) is 0.463. The summed E-state index contributed by atoms with van der Waals surface area (Å²) in [5.74, 6) is 0.487. The van der Waals surface area contributed by atoms with Crippen LogP contribution in [0.3, 0.4) is 0 Å². The molecule has 146 valence electrons. The third-order valence-corrected chi connectivity index (χ3v) is 5.20. The molecule has 0 fully saturated rings. The maximum atomic E-state index is 12.8. The van der Waals surface area contributed by atoms with Crippen LogP contribution in [0.15, 0.2) is 41.4 Å². The third kappa shape index (κ3) is 3.74. The predicted molar refractivity (Wildman–Crippen MR) is 106 cm³/mol. The first-order chi connectivity index (χ1) is 13.5. The van der Waals surface area contributed by atoms with Gasteiger partial charge in [0.2, 0.25) is 0 Å². The molecule has 0 saturated carbocycles. The zero-order valence-electron chi connectivity index (χ0n) is 15.7. The Bertz CT molecular complexity index is 1120. The van der Waals surface area contributed by atoms with E-state index in [1.807, 2.05) is 11.5 Å². The molecule has 28 heavy (non-hydrogen) atoms. The fourth-order valence-electron chi connectivity index (χ4n) is 2.82. The Morgan fingerprint density at radius 1 is 1.21 bits per heavy atom. The number of methoxy groups -OCH3 is 2. The Morgan fingerprint density at radius 2 is 2.00 bits per heavy atom. The van der Waals surface area contributed by atoms with Crippen molar-refractivity contribution in [2.24, 2.45) is 4.99 Å². The number of hydrogen-bond acceptors (Lipinski definition) is 6. The highest BCUT2D eigenvalue weighted by atomic mass is 32.1. The van der Waals surface area contributed by atoms with E-state index in [4.69, 9.17) is 9.47 Å². The molecule has 0 aliphatic carbocycles. The lowest BCUT2D eigenvalue weighted by molar-refractivity contribution is -0.384. The third-order valence-electron chi connectivity index (χ3n) is 4.16. The Hall–Kier alpha value is -3.20. The molecule has 3 rings (SSSR count). The van der Waals surface area contributed by atoms with Crippen LogP contribution in [-0.2, 0) is 6.54 Å². The van der Waals surface area contributed by atoms with E-state index in [-0.39, 0.29) is 5.69 Å². The van der Waals surface area contributed by atoms with Gasteiger partial charge in [-0.3, -0.25) is 14.9 Å². The van der Waals surface area contributed by atoms with Crippen LogP contribution >= 0.6 is 11.3 Å². The van der Waals surface area contributed by atoms with Gasteiger partial charge in [0.25, 0.3) is 11.6 Å². The molecule has 1 heterocycles. The average molecular weight is 401 g/mol. The highest BCUT2D eigenvalue weighted by Gasteiger charge is 2.15. The molecule has 1 aromatic heterocycles. The number of carbonyl (C=O) groups is 1. The molecule has 0 aliphatic heterocycles. The minimum Gasteiger partial charge on any atom is -0.497 e. The molecule has 0 saturated heterocycles. The normalized spacial score (nSPS) is 11.6. The standard InChI is InChI=1S/C19H19N3O5S/c1-4-9-21-15-8-5-12(22(24)25)10-17(15)28-19(21)20-18(23)14-7-6-13(26-2)11-16(14)27-3/h5-8,10-11H,4,9H2,1-3H3. The number of amides is 1. The Labute approximate surface area is 164 Å². The van der Waals surface area contributed by atoms with E-state index < -0.39 is 10.8 Å². The summed E-state index contributed by atoms with van der Waals surface area (Å²) >= 11 is 1.25. The first-order valence-electron chi connectivity index (χ1n) is 8.57. The zero-order chi connectivity index (χ0) is 20.3. The van der Waals surface area contributed by atoms with Crippen molar-refractivity contribution in [1.29, 1.82) is 0 Å². The van der Waals surface area contributed by atoms with Gasteiger partial charge in [-0.05, 0) is 24.6 Å². The van der Waals surface area contributed by atoms with Gasteiger partial charge in [-0.25, -0.2) is 0 Å². The lowest BCUT2D eigenvalue weighted by Crippen LogP contribution is -2.17. The first-order valence-corrected chi connectivity index (χ1v) is 9.39. The number of nitrogens with zero attached hydrogens (tertiary/aromatic N) is 3. The number of rotatable bonds is 6. The van der Waals surface area contributed by atoms with Crippen molar-refractivity contribution in [2.45, 2.75) is 19.9 Å². The molecule has 0 aliphatic rings. The zero-order valence-corrected chi connectivity index (χ0v) is 16.5. The number of non-ortho nitro benzene ring substituents is 1. The first kappa shape index (κ1) is 19.6. The molecule has 0 unspecified atom stereocenters. The van der Waals surface area contributed by atoms with Crippen LogP contribution in [0.1, 0.15) is 23.7 Å². The fourth-order valence-corrected chi connectivity index (χ4v) is 3.91. The number of nitro groups is 1. The highest BCUT2D eigenvalue weighted by Crippen LogP contribution is 2.26. The second-order valence-corrected chi connectivity index (χ2v) is 6.94. The van der Waals surface area contributed by atoms with E-state index in [1.165, 1.54) is 37.7 Å². The summed E-state index contributed by atoms with van der Waals surface area (Å²) < 4.78 is 13.0. The van der Waals surface area contributed by atoms with Gasteiger partial charge in [-0.1, -0.05) is 18.3 Å². The van der Waals surface area contributed by atoms with Crippen LogP contribution in [0.4, 0.5) is 5.69 Å². The summed E-state index contributed by atoms with van der Waals surface area (Å²) in [6.45, 7) is 2.66. The van der Waals surface area contributed by atoms with E-state index in [0.717, 1.165) is 11.9 Å². The van der Waals surface area contributed by atoms with Crippen molar-refractivity contribution < 1.29 is 19.2 Å². The van der Waals surface area contributed by atoms with Crippen LogP contribution in [0.5, 0.6) is 11.5 Å². The van der Waals surface area contributed by atoms with E-state index in [1.54, 1.807) is 24.3 Å². The van der Waals surface area contributed by atoms with E-state index in [9.17, 15) is 14.9 Å². The number of aromatic nitrogens is 1. The molecule has 1 amide bonds. The van der Waals surface area contributed by atoms with Gasteiger partial charge in [0.05, 0.1) is 34.9 Å². The highest BCUT2D eigenvalue weighted by molar-refractivity contribution is 7.16. The van der Waals surface area contributed by atoms with Crippen LogP contribution < -0.4 is 14.3 Å². The van der Waals surface area contributed by atoms with Crippen molar-refractivity contribution in [3.05, 3.63) is 56.9 Å². The number of hydrogen-bond donors (Lipinski definition) is 0. The van der Waals surface area contributed by atoms with Crippen LogP contribution in [0.25, 0.3) is 10.2 Å². The van der Waals surface area contributed by atoms with Gasteiger partial charge in [-0.2, -0.15) is 4.99 Å². The van der Waals surface area contributed by atoms with E-state index in [0.29, 0.717) is 33.1 Å². The van der Waals surface area contributed by atoms with Crippen molar-refractivity contribution in [3.63, 3.8) is 0 Å². The van der Waals surface area contributed by atoms with Crippen LogP contribution in [0, 0.1) is 10.1 Å². The van der Waals surface area contributed by atoms with E-state index >= 15 is 0 Å². The number of thiazole rings is 1. The summed E-state index contributed by atoms with van der Waals surface area (Å²) in [7, 11) is 3.01. The lowest BCUT2D eigenvalue weighted by atomic mass is 10.2. The largest absolute Gasteiger partial charge is 0.497 e. The fraction of sp³-hybridized carbons (Fsp3) is 0.263. The SMILES string of the molecule is CCCn1c(=NC(=O)c2ccc(OC)cc2OC)sc2cc([N+](=O)[O-])ccc21. The van der Waals surface area contributed by atoms with Crippen molar-refractivity contribution in [3.8, 4) is 11.5 Å². The lowest BCUT2D eigenvalue weighted by Gasteiger charge is -2.07. The second-order valence-electron chi connectivity index (χ2n) is 5.93. The summed E-state index contributed by atoms with van der Waals surface area (Å²) in [5, 5.41) is 11.0. The van der Waals surface area contributed by atoms with Gasteiger partial charge in [0, 0.05) is 24.7 Å². The molecule has 9 heteroatoms. The minimum absolute atomic E-state index is 0.00657. The summed E-state index contributed by atoms with van der Waals surface area (Å²) in [4.78, 5) is 28.2. The van der Waals surface area contributed by atoms with Crippen LogP contribution in [0.2, 0.25) is 0 Å². The van der Waals surface area contributed by atoms with Gasteiger partial charge in [-0.15, -0.1) is 0 Å². The maximum Gasteiger partial charge on any atom is 0.283 e. The molecule has 0 spiro atoms. The summed E-state index contributed by atoms with van der Waals surface area (Å²) in [6, 6.07) is 9.54. The van der Waals surface area contributed by atoms with Crippen molar-refractivity contribution >= 4 is 33.1 Å². The summed E-state index contributed by atoms with van der Waals surface area (Å²) in [5.41, 5.74) is 1.13. The van der Waals surface area contributed by atoms with Crippen LogP contribution in [-0.4, -0.2) is 29.6 Å². The predicted octanol–water partition coefficient (Wildman–Crippen LogP) is 3.78. The van der Waals surface area contributed by atoms with Crippen molar-refractivity contribution in [2.75, 3.05) is 14.2 Å². The van der Waals surface area contributed by atoms with Gasteiger partial charge in [0.15, 0.2) is 4.80 Å². The Morgan fingerprint density at radius 3 is 2.64 bits per heavy atom. The number of aryl methyl sites for hydroxylation is 1. The number of carbonyl (C=O) groups excluding carboxylic acids is 1. The van der Waals surface area contributed by atoms with Gasteiger partial charge >= 0.3 is 0 Å². The number of fused-ring (bicyclic) bond motifs is 1. The van der Waals surface area contributed by atoms with Crippen molar-refractivity contribution in [1.82, 2.24) is 4.57 Å². The second kappa shape index (κ2) is 8.22. The topological polar surface area (TPSA) is 96.0 Å². The number of benzene rings is 2. The summed E-state index contributed by atoms with van der Waals surface area (Å²) in [6.07, 6.45) is 0.829. The number of ether oxygens (including phenoxy) is 2. The minimum atomic E-state index is -0.453. The molecular weight excluding hydrogens is 382 g/mol. The van der Waals surface area contributed by atoms with E-state index in [2.05, 4.69) is 4.99 Å². The monoisotopic (exact) mass is 401 g/mol.